The zero-order chi connectivity index (χ0) is 17.1. The Morgan fingerprint density at radius 1 is 1.38 bits per heavy atom. The van der Waals surface area contributed by atoms with E-state index in [0.717, 1.165) is 17.1 Å². The topological polar surface area (TPSA) is 96.2 Å². The lowest BCUT2D eigenvalue weighted by Gasteiger charge is -2.15. The molecule has 24 heavy (non-hydrogen) atoms. The van der Waals surface area contributed by atoms with Gasteiger partial charge in [0.05, 0.1) is 35.9 Å². The van der Waals surface area contributed by atoms with Crippen molar-refractivity contribution in [2.24, 2.45) is 13.0 Å². The van der Waals surface area contributed by atoms with Crippen LogP contribution in [0.1, 0.15) is 11.4 Å². The van der Waals surface area contributed by atoms with Crippen LogP contribution in [0.15, 0.2) is 24.8 Å². The summed E-state index contributed by atoms with van der Waals surface area (Å²) in [6.45, 7) is 3.31. The van der Waals surface area contributed by atoms with Crippen LogP contribution in [0.5, 0.6) is 0 Å². The maximum Gasteiger partial charge on any atom is 0.238 e. The molecule has 1 amide bonds. The van der Waals surface area contributed by atoms with Crippen molar-refractivity contribution in [3.63, 3.8) is 0 Å². The fraction of sp³-hybridized carbons (Fsp3) is 0.500. The van der Waals surface area contributed by atoms with Crippen LogP contribution in [0.3, 0.4) is 0 Å². The summed E-state index contributed by atoms with van der Waals surface area (Å²) < 4.78 is 1.71. The first kappa shape index (κ1) is 16.5. The van der Waals surface area contributed by atoms with Crippen molar-refractivity contribution in [3.8, 4) is 0 Å². The number of hydrogen-bond acceptors (Lipinski definition) is 6. The first-order valence-electron chi connectivity index (χ1n) is 7.96. The smallest absolute Gasteiger partial charge is 0.238 e. The fourth-order valence-electron chi connectivity index (χ4n) is 2.99. The predicted molar refractivity (Wildman–Crippen MR) is 88.2 cm³/mol. The van der Waals surface area contributed by atoms with Crippen molar-refractivity contribution in [1.29, 1.82) is 0 Å². The first-order valence-corrected chi connectivity index (χ1v) is 7.96. The lowest BCUT2D eigenvalue weighted by atomic mass is 10.0. The molecule has 2 atom stereocenters. The summed E-state index contributed by atoms with van der Waals surface area (Å²) in [7, 11) is 1.83. The fourth-order valence-corrected chi connectivity index (χ4v) is 2.99. The highest BCUT2D eigenvalue weighted by Gasteiger charge is 2.32. The summed E-state index contributed by atoms with van der Waals surface area (Å²) in [5.41, 5.74) is 2.49. The van der Waals surface area contributed by atoms with Crippen LogP contribution in [-0.4, -0.2) is 61.4 Å². The maximum absolute atomic E-state index is 12.2. The van der Waals surface area contributed by atoms with Gasteiger partial charge in [-0.3, -0.25) is 24.3 Å². The van der Waals surface area contributed by atoms with Crippen molar-refractivity contribution in [3.05, 3.63) is 36.2 Å². The SMILES string of the molecule is Cc1c(NC(=O)CN2C[C@@H](Cc3cnccn3)[C@H](O)C2)cnn1C. The monoisotopic (exact) mass is 330 g/mol. The molecule has 0 radical (unpaired) electrons. The normalized spacial score (nSPS) is 21.1. The minimum Gasteiger partial charge on any atom is -0.391 e. The molecular formula is C16H22N6O2. The van der Waals surface area contributed by atoms with Crippen LogP contribution >= 0.6 is 0 Å². The number of amides is 1. The van der Waals surface area contributed by atoms with Gasteiger partial charge in [0.15, 0.2) is 0 Å². The molecule has 8 heteroatoms. The minimum absolute atomic E-state index is 0.0645. The van der Waals surface area contributed by atoms with E-state index in [-0.39, 0.29) is 18.4 Å². The molecule has 3 heterocycles. The van der Waals surface area contributed by atoms with E-state index in [1.807, 2.05) is 18.9 Å². The molecule has 0 bridgehead atoms. The number of nitrogens with zero attached hydrogens (tertiary/aromatic N) is 5. The number of anilines is 1. The molecular weight excluding hydrogens is 308 g/mol. The van der Waals surface area contributed by atoms with Crippen molar-refractivity contribution in [2.45, 2.75) is 19.4 Å². The van der Waals surface area contributed by atoms with Gasteiger partial charge in [-0.15, -0.1) is 0 Å². The number of rotatable bonds is 5. The quantitative estimate of drug-likeness (QED) is 0.801. The second kappa shape index (κ2) is 7.06. The van der Waals surface area contributed by atoms with E-state index in [9.17, 15) is 9.90 Å². The Morgan fingerprint density at radius 3 is 2.88 bits per heavy atom. The van der Waals surface area contributed by atoms with E-state index < -0.39 is 6.10 Å². The molecule has 2 aromatic rings. The van der Waals surface area contributed by atoms with Crippen molar-refractivity contribution >= 4 is 11.6 Å². The van der Waals surface area contributed by atoms with Crippen molar-refractivity contribution in [1.82, 2.24) is 24.6 Å². The Bertz CT molecular complexity index is 702. The molecule has 8 nitrogen and oxygen atoms in total. The molecule has 0 spiro atoms. The van der Waals surface area contributed by atoms with Gasteiger partial charge in [0.2, 0.25) is 5.91 Å². The van der Waals surface area contributed by atoms with E-state index in [1.54, 1.807) is 29.5 Å². The molecule has 2 aromatic heterocycles. The van der Waals surface area contributed by atoms with Gasteiger partial charge in [0.1, 0.15) is 0 Å². The summed E-state index contributed by atoms with van der Waals surface area (Å²) in [6.07, 6.45) is 6.84. The molecule has 0 aliphatic carbocycles. The standard InChI is InChI=1S/C16H22N6O2/c1-11-14(7-19-21(11)2)20-16(24)10-22-8-12(15(23)9-22)5-13-6-17-3-4-18-13/h3-4,6-7,12,15,23H,5,8-10H2,1-2H3,(H,20,24)/t12-,15-/m1/s1. The highest BCUT2D eigenvalue weighted by molar-refractivity contribution is 5.92. The Labute approximate surface area is 140 Å². The Kier molecular flexibility index (Phi) is 4.86. The summed E-state index contributed by atoms with van der Waals surface area (Å²) in [5, 5.41) is 17.2. The molecule has 3 rings (SSSR count). The van der Waals surface area contributed by atoms with Crippen molar-refractivity contribution in [2.75, 3.05) is 25.0 Å². The third-order valence-corrected chi connectivity index (χ3v) is 4.45. The van der Waals surface area contributed by atoms with Crippen LogP contribution in [0.4, 0.5) is 5.69 Å². The number of aromatic nitrogens is 4. The average Bonchev–Trinajstić information content (AvgIpc) is 3.05. The van der Waals surface area contributed by atoms with Crippen LogP contribution in [0, 0.1) is 12.8 Å². The summed E-state index contributed by atoms with van der Waals surface area (Å²) in [6, 6.07) is 0. The number of carbonyl (C=O) groups excluding carboxylic acids is 1. The minimum atomic E-state index is -0.458. The lowest BCUT2D eigenvalue weighted by molar-refractivity contribution is -0.117. The van der Waals surface area contributed by atoms with Crippen LogP contribution < -0.4 is 5.32 Å². The third kappa shape index (κ3) is 3.77. The second-order valence-corrected chi connectivity index (χ2v) is 6.24. The number of β-amino-alcohol motifs (C(OH)–C–C–N with tert-alkyl or cyclic N) is 1. The number of carbonyl (C=O) groups is 1. The van der Waals surface area contributed by atoms with Gasteiger partial charge in [0, 0.05) is 44.6 Å². The van der Waals surface area contributed by atoms with Gasteiger partial charge in [-0.25, -0.2) is 0 Å². The Morgan fingerprint density at radius 2 is 2.21 bits per heavy atom. The van der Waals surface area contributed by atoms with Crippen LogP contribution in [-0.2, 0) is 18.3 Å². The molecule has 1 saturated heterocycles. The number of aliphatic hydroxyl groups excluding tert-OH is 1. The van der Waals surface area contributed by atoms with Gasteiger partial charge >= 0.3 is 0 Å². The molecule has 128 valence electrons. The molecule has 1 fully saturated rings. The predicted octanol–water partition coefficient (Wildman–Crippen LogP) is -0.00758. The number of nitrogens with one attached hydrogen (secondary N) is 1. The molecule has 0 saturated carbocycles. The molecule has 2 N–H and O–H groups in total. The summed E-state index contributed by atoms with van der Waals surface area (Å²) in [5.74, 6) is -0.0342. The molecule has 1 aliphatic heterocycles. The number of aryl methyl sites for hydroxylation is 1. The Balaban J connectivity index is 1.53. The highest BCUT2D eigenvalue weighted by atomic mass is 16.3. The molecule has 1 aliphatic rings. The molecule has 0 unspecified atom stereocenters. The van der Waals surface area contributed by atoms with E-state index in [2.05, 4.69) is 20.4 Å². The van der Waals surface area contributed by atoms with Crippen LogP contribution in [0.2, 0.25) is 0 Å². The Hall–Kier alpha value is -2.32. The number of hydrogen-bond donors (Lipinski definition) is 2. The van der Waals surface area contributed by atoms with E-state index in [4.69, 9.17) is 0 Å². The van der Waals surface area contributed by atoms with Crippen molar-refractivity contribution < 1.29 is 9.90 Å². The van der Waals surface area contributed by atoms with E-state index in [0.29, 0.717) is 19.5 Å². The van der Waals surface area contributed by atoms with Gasteiger partial charge in [-0.2, -0.15) is 5.10 Å². The van der Waals surface area contributed by atoms with Gasteiger partial charge in [-0.05, 0) is 13.3 Å². The zero-order valence-corrected chi connectivity index (χ0v) is 13.9. The maximum atomic E-state index is 12.2. The number of likely N-dealkylation sites (tertiary alicyclic amines) is 1. The average molecular weight is 330 g/mol. The second-order valence-electron chi connectivity index (χ2n) is 6.24. The zero-order valence-electron chi connectivity index (χ0n) is 13.9. The van der Waals surface area contributed by atoms with Gasteiger partial charge in [0.25, 0.3) is 0 Å². The summed E-state index contributed by atoms with van der Waals surface area (Å²) >= 11 is 0. The third-order valence-electron chi connectivity index (χ3n) is 4.45. The highest BCUT2D eigenvalue weighted by Crippen LogP contribution is 2.20. The number of aliphatic hydroxyl groups is 1. The molecule has 0 aromatic carbocycles. The lowest BCUT2D eigenvalue weighted by Crippen LogP contribution is -2.32. The largest absolute Gasteiger partial charge is 0.391 e. The van der Waals surface area contributed by atoms with E-state index in [1.165, 1.54) is 0 Å². The summed E-state index contributed by atoms with van der Waals surface area (Å²) in [4.78, 5) is 22.5. The van der Waals surface area contributed by atoms with Gasteiger partial charge < -0.3 is 10.4 Å². The van der Waals surface area contributed by atoms with Gasteiger partial charge in [-0.1, -0.05) is 0 Å². The van der Waals surface area contributed by atoms with E-state index >= 15 is 0 Å². The first-order chi connectivity index (χ1) is 11.5. The van der Waals surface area contributed by atoms with Crippen LogP contribution in [0.25, 0.3) is 0 Å².